The first-order valence-electron chi connectivity index (χ1n) is 10.1. The number of carbonyl (C=O) groups is 2. The number of hydrogen-bond donors (Lipinski definition) is 3. The summed E-state index contributed by atoms with van der Waals surface area (Å²) in [6.07, 6.45) is 0. The average Bonchev–Trinajstić information content (AvgIpc) is 3.25. The smallest absolute Gasteiger partial charge is 0.291 e. The third-order valence-electron chi connectivity index (χ3n) is 5.02. The van der Waals surface area contributed by atoms with E-state index in [2.05, 4.69) is 16.0 Å². The van der Waals surface area contributed by atoms with Crippen molar-refractivity contribution in [3.05, 3.63) is 99.8 Å². The van der Waals surface area contributed by atoms with Gasteiger partial charge in [0.15, 0.2) is 10.9 Å². The number of anilines is 2. The summed E-state index contributed by atoms with van der Waals surface area (Å²) in [5, 5.41) is 20.1. The van der Waals surface area contributed by atoms with Crippen LogP contribution < -0.4 is 16.0 Å². The van der Waals surface area contributed by atoms with Crippen LogP contribution in [0.1, 0.15) is 26.5 Å². The lowest BCUT2D eigenvalue weighted by atomic mass is 10.1. The molecule has 3 aromatic carbocycles. The number of para-hydroxylation sites is 1. The van der Waals surface area contributed by atoms with Gasteiger partial charge < -0.3 is 15.1 Å². The van der Waals surface area contributed by atoms with Gasteiger partial charge in [-0.15, -0.1) is 0 Å². The van der Waals surface area contributed by atoms with Gasteiger partial charge in [0.25, 0.3) is 17.5 Å². The molecule has 10 heteroatoms. The largest absolute Gasteiger partial charge is 0.451 e. The first kappa shape index (κ1) is 22.6. The predicted octanol–water partition coefficient (Wildman–Crippen LogP) is 5.03. The third-order valence-corrected chi connectivity index (χ3v) is 5.23. The molecule has 0 atom stereocenters. The quantitative estimate of drug-likeness (QED) is 0.210. The van der Waals surface area contributed by atoms with Gasteiger partial charge in [0.1, 0.15) is 5.58 Å². The zero-order valence-electron chi connectivity index (χ0n) is 17.8. The number of amides is 2. The molecule has 4 aromatic rings. The van der Waals surface area contributed by atoms with E-state index in [0.29, 0.717) is 17.0 Å². The number of carbonyl (C=O) groups excluding carboxylic acids is 2. The van der Waals surface area contributed by atoms with Gasteiger partial charge in [0, 0.05) is 34.0 Å². The maximum atomic E-state index is 12.5. The second-order valence-corrected chi connectivity index (χ2v) is 7.70. The second kappa shape index (κ2) is 9.51. The highest BCUT2D eigenvalue weighted by Crippen LogP contribution is 2.22. The lowest BCUT2D eigenvalue weighted by molar-refractivity contribution is -0.385. The van der Waals surface area contributed by atoms with E-state index >= 15 is 0 Å². The van der Waals surface area contributed by atoms with Crippen LogP contribution >= 0.6 is 12.2 Å². The van der Waals surface area contributed by atoms with Crippen molar-refractivity contribution >= 4 is 57.2 Å². The molecular weight excluding hydrogens is 456 g/mol. The normalized spacial score (nSPS) is 10.5. The standard InChI is InChI=1S/C24H18N4O5S/c1-14-18(6-4-7-19(14)28(31)32)22(29)27-24(34)26-17-11-9-16(10-12-17)25-23(30)21-13-15-5-2-3-8-20(15)33-21/h2-13H,1H3,(H,25,30)(H2,26,27,29,34). The number of nitrogens with one attached hydrogen (secondary N) is 3. The Morgan fingerprint density at radius 3 is 2.26 bits per heavy atom. The molecule has 1 aromatic heterocycles. The number of furan rings is 1. The lowest BCUT2D eigenvalue weighted by Crippen LogP contribution is -2.34. The van der Waals surface area contributed by atoms with Crippen molar-refractivity contribution in [1.29, 1.82) is 0 Å². The van der Waals surface area contributed by atoms with Gasteiger partial charge in [-0.2, -0.15) is 0 Å². The Labute approximate surface area is 198 Å². The van der Waals surface area contributed by atoms with Gasteiger partial charge in [0.2, 0.25) is 0 Å². The van der Waals surface area contributed by atoms with Crippen molar-refractivity contribution in [2.45, 2.75) is 6.92 Å². The zero-order chi connectivity index (χ0) is 24.2. The van der Waals surface area contributed by atoms with Gasteiger partial charge in [-0.1, -0.05) is 24.3 Å². The monoisotopic (exact) mass is 474 g/mol. The van der Waals surface area contributed by atoms with Crippen LogP contribution in [-0.4, -0.2) is 21.9 Å². The van der Waals surface area contributed by atoms with Crippen LogP contribution in [0.25, 0.3) is 11.0 Å². The highest BCUT2D eigenvalue weighted by molar-refractivity contribution is 7.80. The van der Waals surface area contributed by atoms with Crippen LogP contribution in [0, 0.1) is 17.0 Å². The molecule has 0 saturated heterocycles. The number of benzene rings is 3. The summed E-state index contributed by atoms with van der Waals surface area (Å²) in [6.45, 7) is 1.50. The summed E-state index contributed by atoms with van der Waals surface area (Å²) < 4.78 is 5.56. The number of nitrogens with zero attached hydrogens (tertiary/aromatic N) is 1. The number of rotatable bonds is 5. The molecule has 0 aliphatic rings. The third kappa shape index (κ3) is 4.92. The summed E-state index contributed by atoms with van der Waals surface area (Å²) in [5.74, 6) is -0.746. The molecule has 1 heterocycles. The molecule has 34 heavy (non-hydrogen) atoms. The van der Waals surface area contributed by atoms with Crippen LogP contribution in [0.2, 0.25) is 0 Å². The molecule has 0 aliphatic carbocycles. The van der Waals surface area contributed by atoms with Gasteiger partial charge in [-0.25, -0.2) is 0 Å². The Kier molecular flexibility index (Phi) is 6.33. The molecule has 170 valence electrons. The van der Waals surface area contributed by atoms with Crippen LogP contribution in [0.4, 0.5) is 17.1 Å². The van der Waals surface area contributed by atoms with Crippen molar-refractivity contribution in [1.82, 2.24) is 5.32 Å². The van der Waals surface area contributed by atoms with Gasteiger partial charge in [0.05, 0.1) is 4.92 Å². The van der Waals surface area contributed by atoms with Crippen LogP contribution in [0.3, 0.4) is 0 Å². The fourth-order valence-corrected chi connectivity index (χ4v) is 3.53. The van der Waals surface area contributed by atoms with Crippen LogP contribution in [-0.2, 0) is 0 Å². The minimum Gasteiger partial charge on any atom is -0.451 e. The number of nitro groups is 1. The first-order valence-corrected chi connectivity index (χ1v) is 10.5. The maximum Gasteiger partial charge on any atom is 0.291 e. The Morgan fingerprint density at radius 1 is 0.912 bits per heavy atom. The Hall–Kier alpha value is -4.57. The fraction of sp³-hybridized carbons (Fsp3) is 0.0417. The molecule has 0 aliphatic heterocycles. The average molecular weight is 474 g/mol. The van der Waals surface area contributed by atoms with Gasteiger partial charge in [-0.3, -0.25) is 25.0 Å². The first-order chi connectivity index (χ1) is 16.3. The van der Waals surface area contributed by atoms with Gasteiger partial charge >= 0.3 is 0 Å². The number of hydrogen-bond acceptors (Lipinski definition) is 6. The number of thiocarbonyl (C=S) groups is 1. The highest BCUT2D eigenvalue weighted by atomic mass is 32.1. The van der Waals surface area contributed by atoms with Crippen molar-refractivity contribution < 1.29 is 18.9 Å². The predicted molar refractivity (Wildman–Crippen MR) is 132 cm³/mol. The van der Waals surface area contributed by atoms with E-state index in [-0.39, 0.29) is 33.6 Å². The van der Waals surface area contributed by atoms with E-state index in [1.165, 1.54) is 25.1 Å². The van der Waals surface area contributed by atoms with Crippen LogP contribution in [0.5, 0.6) is 0 Å². The number of fused-ring (bicyclic) bond motifs is 1. The topological polar surface area (TPSA) is 127 Å². The summed E-state index contributed by atoms with van der Waals surface area (Å²) in [4.78, 5) is 35.5. The number of nitro benzene ring substituents is 1. The fourth-order valence-electron chi connectivity index (χ4n) is 3.32. The molecule has 0 saturated carbocycles. The minimum atomic E-state index is -0.562. The van der Waals surface area contributed by atoms with Crippen molar-refractivity contribution in [2.24, 2.45) is 0 Å². The zero-order valence-corrected chi connectivity index (χ0v) is 18.6. The molecule has 0 bridgehead atoms. The summed E-state index contributed by atoms with van der Waals surface area (Å²) >= 11 is 5.18. The summed E-state index contributed by atoms with van der Waals surface area (Å²) in [6, 6.07) is 19.9. The van der Waals surface area contributed by atoms with E-state index < -0.39 is 10.8 Å². The molecular formula is C24H18N4O5S. The van der Waals surface area contributed by atoms with E-state index in [9.17, 15) is 19.7 Å². The van der Waals surface area contributed by atoms with Crippen molar-refractivity contribution in [3.63, 3.8) is 0 Å². The van der Waals surface area contributed by atoms with E-state index in [1.807, 2.05) is 18.2 Å². The lowest BCUT2D eigenvalue weighted by Gasteiger charge is -2.11. The van der Waals surface area contributed by atoms with E-state index in [4.69, 9.17) is 16.6 Å². The van der Waals surface area contributed by atoms with E-state index in [1.54, 1.807) is 36.4 Å². The Morgan fingerprint density at radius 2 is 1.59 bits per heavy atom. The van der Waals surface area contributed by atoms with Crippen LogP contribution in [0.15, 0.2) is 77.2 Å². The molecule has 9 nitrogen and oxygen atoms in total. The Balaban J connectivity index is 1.36. The SMILES string of the molecule is Cc1c(C(=O)NC(=S)Nc2ccc(NC(=O)c3cc4ccccc4o3)cc2)cccc1[N+](=O)[O-]. The molecule has 0 fully saturated rings. The Bertz CT molecular complexity index is 1400. The van der Waals surface area contributed by atoms with Gasteiger partial charge in [-0.05, 0) is 61.6 Å². The highest BCUT2D eigenvalue weighted by Gasteiger charge is 2.18. The molecule has 2 amide bonds. The van der Waals surface area contributed by atoms with E-state index in [0.717, 1.165) is 5.39 Å². The minimum absolute atomic E-state index is 0.0231. The molecule has 4 rings (SSSR count). The van der Waals surface area contributed by atoms with Crippen molar-refractivity contribution in [3.8, 4) is 0 Å². The molecule has 0 radical (unpaired) electrons. The molecule has 3 N–H and O–H groups in total. The molecule has 0 spiro atoms. The summed E-state index contributed by atoms with van der Waals surface area (Å²) in [5.41, 5.74) is 2.00. The van der Waals surface area contributed by atoms with Crippen molar-refractivity contribution in [2.75, 3.05) is 10.6 Å². The molecule has 0 unspecified atom stereocenters. The maximum absolute atomic E-state index is 12.5. The second-order valence-electron chi connectivity index (χ2n) is 7.30. The summed E-state index contributed by atoms with van der Waals surface area (Å²) in [7, 11) is 0.